The molecule has 0 fully saturated rings. The van der Waals surface area contributed by atoms with Crippen LogP contribution in [0.2, 0.25) is 0 Å². The number of methoxy groups -OCH3 is 1. The molecule has 0 saturated heterocycles. The highest BCUT2D eigenvalue weighted by molar-refractivity contribution is 6.00. The minimum atomic E-state index is -0.0629. The van der Waals surface area contributed by atoms with E-state index in [1.165, 1.54) is 0 Å². The summed E-state index contributed by atoms with van der Waals surface area (Å²) >= 11 is 0. The highest BCUT2D eigenvalue weighted by atomic mass is 16.5. The average molecular weight is 250 g/mol. The van der Waals surface area contributed by atoms with E-state index in [9.17, 15) is 4.79 Å². The molecule has 0 heterocycles. The van der Waals surface area contributed by atoms with Gasteiger partial charge in [-0.25, -0.2) is 0 Å². The van der Waals surface area contributed by atoms with E-state index in [0.717, 1.165) is 13.0 Å². The second-order valence-electron chi connectivity index (χ2n) is 4.83. The van der Waals surface area contributed by atoms with Crippen LogP contribution in [0.5, 0.6) is 5.75 Å². The Balaban J connectivity index is 2.83. The Hall–Kier alpha value is -1.71. The van der Waals surface area contributed by atoms with Crippen LogP contribution in [0.3, 0.4) is 0 Å². The molecule has 0 atom stereocenters. The van der Waals surface area contributed by atoms with Crippen molar-refractivity contribution in [3.05, 3.63) is 23.8 Å². The number of carbonyl (C=O) groups excluding carboxylic acids is 1. The molecule has 0 unspecified atom stereocenters. The van der Waals surface area contributed by atoms with Crippen molar-refractivity contribution in [2.75, 3.05) is 26.4 Å². The van der Waals surface area contributed by atoms with Crippen LogP contribution in [0.1, 0.15) is 30.6 Å². The molecule has 4 heteroatoms. The lowest BCUT2D eigenvalue weighted by atomic mass is 10.1. The molecule has 1 amide bonds. The predicted octanol–water partition coefficient (Wildman–Crippen LogP) is 2.40. The quantitative estimate of drug-likeness (QED) is 0.816. The molecule has 0 bridgehead atoms. The fourth-order valence-corrected chi connectivity index (χ4v) is 1.67. The Morgan fingerprint density at radius 1 is 1.44 bits per heavy atom. The molecule has 1 aromatic rings. The topological polar surface area (TPSA) is 55.6 Å². The van der Waals surface area contributed by atoms with E-state index in [1.54, 1.807) is 37.3 Å². The first-order chi connectivity index (χ1) is 8.47. The Morgan fingerprint density at radius 2 is 2.11 bits per heavy atom. The highest BCUT2D eigenvalue weighted by Crippen LogP contribution is 2.25. The number of anilines is 1. The van der Waals surface area contributed by atoms with E-state index in [2.05, 4.69) is 13.8 Å². The smallest absolute Gasteiger partial charge is 0.255 e. The van der Waals surface area contributed by atoms with E-state index < -0.39 is 0 Å². The zero-order valence-electron chi connectivity index (χ0n) is 11.6. The third-order valence-electron chi connectivity index (χ3n) is 2.90. The molecule has 0 aliphatic carbocycles. The fraction of sp³-hybridized carbons (Fsp3) is 0.500. The van der Waals surface area contributed by atoms with Crippen LogP contribution in [0.25, 0.3) is 0 Å². The number of hydrogen-bond donors (Lipinski definition) is 1. The second-order valence-corrected chi connectivity index (χ2v) is 4.83. The van der Waals surface area contributed by atoms with Crippen molar-refractivity contribution in [3.63, 3.8) is 0 Å². The third kappa shape index (κ3) is 3.39. The van der Waals surface area contributed by atoms with Crippen molar-refractivity contribution < 1.29 is 9.53 Å². The lowest BCUT2D eigenvalue weighted by Gasteiger charge is -2.19. The summed E-state index contributed by atoms with van der Waals surface area (Å²) in [6, 6.07) is 5.25. The van der Waals surface area contributed by atoms with Crippen molar-refractivity contribution >= 4 is 11.6 Å². The van der Waals surface area contributed by atoms with Crippen molar-refractivity contribution in [2.24, 2.45) is 5.92 Å². The molecule has 0 spiro atoms. The molecule has 18 heavy (non-hydrogen) atoms. The van der Waals surface area contributed by atoms with E-state index in [1.807, 2.05) is 0 Å². The molecule has 4 nitrogen and oxygen atoms in total. The van der Waals surface area contributed by atoms with Gasteiger partial charge < -0.3 is 15.4 Å². The Morgan fingerprint density at radius 3 is 2.67 bits per heavy atom. The van der Waals surface area contributed by atoms with Crippen LogP contribution < -0.4 is 10.5 Å². The van der Waals surface area contributed by atoms with Gasteiger partial charge in [-0.3, -0.25) is 4.79 Å². The number of amides is 1. The minimum absolute atomic E-state index is 0.0629. The maximum absolute atomic E-state index is 12.2. The van der Waals surface area contributed by atoms with Crippen LogP contribution in [0.15, 0.2) is 18.2 Å². The molecule has 100 valence electrons. The lowest BCUT2D eigenvalue weighted by Crippen LogP contribution is -2.29. The van der Waals surface area contributed by atoms with Crippen molar-refractivity contribution in [3.8, 4) is 5.75 Å². The summed E-state index contributed by atoms with van der Waals surface area (Å²) in [7, 11) is 3.34. The van der Waals surface area contributed by atoms with Gasteiger partial charge in [0.1, 0.15) is 5.75 Å². The Kier molecular flexibility index (Phi) is 5.01. The number of ether oxygens (including phenoxy) is 1. The summed E-state index contributed by atoms with van der Waals surface area (Å²) in [6.45, 7) is 5.00. The van der Waals surface area contributed by atoms with Crippen molar-refractivity contribution in [1.82, 2.24) is 4.90 Å². The molecular weight excluding hydrogens is 228 g/mol. The van der Waals surface area contributed by atoms with Gasteiger partial charge in [0, 0.05) is 13.6 Å². The lowest BCUT2D eigenvalue weighted by molar-refractivity contribution is 0.0790. The van der Waals surface area contributed by atoms with Gasteiger partial charge in [-0.05, 0) is 24.5 Å². The van der Waals surface area contributed by atoms with Crippen LogP contribution in [-0.2, 0) is 0 Å². The number of hydrogen-bond acceptors (Lipinski definition) is 3. The zero-order chi connectivity index (χ0) is 13.7. The summed E-state index contributed by atoms with van der Waals surface area (Å²) in [5, 5.41) is 0. The number of rotatable bonds is 5. The number of nitrogens with zero attached hydrogens (tertiary/aromatic N) is 1. The number of para-hydroxylation sites is 1. The second kappa shape index (κ2) is 6.28. The van der Waals surface area contributed by atoms with Crippen LogP contribution >= 0.6 is 0 Å². The largest absolute Gasteiger partial charge is 0.495 e. The van der Waals surface area contributed by atoms with Gasteiger partial charge in [0.25, 0.3) is 5.91 Å². The van der Waals surface area contributed by atoms with Gasteiger partial charge in [0.15, 0.2) is 0 Å². The molecule has 2 N–H and O–H groups in total. The Bertz CT molecular complexity index is 416. The van der Waals surface area contributed by atoms with Gasteiger partial charge in [-0.15, -0.1) is 0 Å². The average Bonchev–Trinajstić information content (AvgIpc) is 2.35. The summed E-state index contributed by atoms with van der Waals surface area (Å²) in [5.74, 6) is 1.05. The first kappa shape index (κ1) is 14.4. The van der Waals surface area contributed by atoms with E-state index in [0.29, 0.717) is 22.9 Å². The first-order valence-electron chi connectivity index (χ1n) is 6.15. The fourth-order valence-electron chi connectivity index (χ4n) is 1.67. The summed E-state index contributed by atoms with van der Waals surface area (Å²) in [6.07, 6.45) is 0.978. The van der Waals surface area contributed by atoms with E-state index in [-0.39, 0.29) is 5.91 Å². The summed E-state index contributed by atoms with van der Waals surface area (Å²) < 4.78 is 5.12. The molecular formula is C14H22N2O2. The van der Waals surface area contributed by atoms with E-state index >= 15 is 0 Å². The molecule has 0 aliphatic heterocycles. The molecule has 0 radical (unpaired) electrons. The predicted molar refractivity (Wildman–Crippen MR) is 73.8 cm³/mol. The standard InChI is InChI=1S/C14H22N2O2/c1-10(2)8-9-16(3)14(17)11-6-5-7-12(18-4)13(11)15/h5-7,10H,8-9,15H2,1-4H3. The maximum Gasteiger partial charge on any atom is 0.255 e. The van der Waals surface area contributed by atoms with Gasteiger partial charge in [-0.1, -0.05) is 19.9 Å². The van der Waals surface area contributed by atoms with Crippen LogP contribution in [-0.4, -0.2) is 31.5 Å². The molecule has 0 aromatic heterocycles. The summed E-state index contributed by atoms with van der Waals surface area (Å²) in [5.41, 5.74) is 6.82. The monoisotopic (exact) mass is 250 g/mol. The molecule has 1 aromatic carbocycles. The van der Waals surface area contributed by atoms with Gasteiger partial charge in [0.2, 0.25) is 0 Å². The summed E-state index contributed by atoms with van der Waals surface area (Å²) in [4.78, 5) is 13.9. The first-order valence-corrected chi connectivity index (χ1v) is 6.15. The molecule has 0 aliphatic rings. The van der Waals surface area contributed by atoms with Crippen LogP contribution in [0, 0.1) is 5.92 Å². The Labute approximate surface area is 109 Å². The normalized spacial score (nSPS) is 10.5. The SMILES string of the molecule is COc1cccc(C(=O)N(C)CCC(C)C)c1N. The van der Waals surface area contributed by atoms with Gasteiger partial charge in [0.05, 0.1) is 18.4 Å². The molecule has 0 saturated carbocycles. The number of benzene rings is 1. The number of carbonyl (C=O) groups is 1. The number of nitrogen functional groups attached to an aromatic ring is 1. The number of nitrogens with two attached hydrogens (primary N) is 1. The van der Waals surface area contributed by atoms with E-state index in [4.69, 9.17) is 10.5 Å². The minimum Gasteiger partial charge on any atom is -0.495 e. The molecule has 1 rings (SSSR count). The highest BCUT2D eigenvalue weighted by Gasteiger charge is 2.16. The third-order valence-corrected chi connectivity index (χ3v) is 2.90. The van der Waals surface area contributed by atoms with Crippen LogP contribution in [0.4, 0.5) is 5.69 Å². The maximum atomic E-state index is 12.2. The zero-order valence-corrected chi connectivity index (χ0v) is 11.6. The van der Waals surface area contributed by atoms with Crippen molar-refractivity contribution in [2.45, 2.75) is 20.3 Å². The van der Waals surface area contributed by atoms with Crippen molar-refractivity contribution in [1.29, 1.82) is 0 Å². The van der Waals surface area contributed by atoms with Gasteiger partial charge >= 0.3 is 0 Å². The van der Waals surface area contributed by atoms with Gasteiger partial charge in [-0.2, -0.15) is 0 Å².